The average molecular weight is 559 g/mol. The van der Waals surface area contributed by atoms with Gasteiger partial charge in [-0.05, 0) is 55.0 Å². The van der Waals surface area contributed by atoms with Crippen LogP contribution in [-0.4, -0.2) is 42.4 Å². The van der Waals surface area contributed by atoms with Crippen molar-refractivity contribution in [2.24, 2.45) is 0 Å². The molecule has 3 aromatic rings. The van der Waals surface area contributed by atoms with Gasteiger partial charge in [-0.2, -0.15) is 13.2 Å². The Labute approximate surface area is 219 Å². The molecule has 3 aromatic carbocycles. The van der Waals surface area contributed by atoms with E-state index >= 15 is 0 Å². The topological polar surface area (TPSA) is 87.7 Å². The van der Waals surface area contributed by atoms with E-state index in [4.69, 9.17) is 33.0 Å². The van der Waals surface area contributed by atoms with Gasteiger partial charge in [0.25, 0.3) is 11.8 Å². The van der Waals surface area contributed by atoms with Crippen molar-refractivity contribution in [3.8, 4) is 16.9 Å². The molecule has 0 bridgehead atoms. The smallest absolute Gasteiger partial charge is 0.422 e. The summed E-state index contributed by atoms with van der Waals surface area (Å²) < 4.78 is 57.8. The second-order valence-corrected chi connectivity index (χ2v) is 8.73. The number of hydrogen-bond acceptors (Lipinski definition) is 4. The van der Waals surface area contributed by atoms with E-state index in [9.17, 15) is 27.2 Å². The molecule has 2 amide bonds. The fourth-order valence-electron chi connectivity index (χ4n) is 3.21. The standard InChI is InChI=1S/C25H20Cl2F4N2O4/c1-13(11-34)32-23(35)15-5-7-17(26)16(9-15)14-6-8-20(21(10-14)37-12-25(29,30)31)33-24(36)22-18(27)3-2-4-19(22)28/h2-10,13,34H,11-12H2,1H3,(H,32,35)(H,33,36)/t13-/m0/s1. The molecule has 0 aromatic heterocycles. The summed E-state index contributed by atoms with van der Waals surface area (Å²) in [6.07, 6.45) is -4.69. The SMILES string of the molecule is C[C@@H](CO)NC(=O)c1ccc(Cl)c(-c2ccc(NC(=O)c3c(F)cccc3Cl)c(OCC(F)(F)F)c2)c1. The zero-order valence-electron chi connectivity index (χ0n) is 19.1. The van der Waals surface area contributed by atoms with Gasteiger partial charge in [0.1, 0.15) is 11.6 Å². The first-order valence-electron chi connectivity index (χ1n) is 10.7. The maximum atomic E-state index is 14.2. The summed E-state index contributed by atoms with van der Waals surface area (Å²) in [7, 11) is 0. The van der Waals surface area contributed by atoms with Crippen molar-refractivity contribution in [1.82, 2.24) is 5.32 Å². The van der Waals surface area contributed by atoms with Gasteiger partial charge < -0.3 is 20.5 Å². The predicted molar refractivity (Wildman–Crippen MR) is 132 cm³/mol. The number of nitrogens with one attached hydrogen (secondary N) is 2. The van der Waals surface area contributed by atoms with Crippen molar-refractivity contribution < 1.29 is 37.0 Å². The maximum Gasteiger partial charge on any atom is 0.422 e. The number of aliphatic hydroxyl groups is 1. The molecule has 0 aliphatic carbocycles. The molecule has 37 heavy (non-hydrogen) atoms. The van der Waals surface area contributed by atoms with Gasteiger partial charge in [0, 0.05) is 22.2 Å². The van der Waals surface area contributed by atoms with Crippen LogP contribution in [-0.2, 0) is 0 Å². The van der Waals surface area contributed by atoms with E-state index < -0.39 is 42.0 Å². The van der Waals surface area contributed by atoms with Gasteiger partial charge in [-0.15, -0.1) is 0 Å². The second-order valence-electron chi connectivity index (χ2n) is 7.92. The first-order chi connectivity index (χ1) is 17.4. The molecular weight excluding hydrogens is 539 g/mol. The first-order valence-corrected chi connectivity index (χ1v) is 11.5. The number of rotatable bonds is 8. The molecule has 3 rings (SSSR count). The summed E-state index contributed by atoms with van der Waals surface area (Å²) in [5, 5.41) is 14.0. The number of aliphatic hydroxyl groups excluding tert-OH is 1. The lowest BCUT2D eigenvalue weighted by molar-refractivity contribution is -0.153. The van der Waals surface area contributed by atoms with Gasteiger partial charge in [-0.25, -0.2) is 4.39 Å². The highest BCUT2D eigenvalue weighted by Crippen LogP contribution is 2.36. The summed E-state index contributed by atoms with van der Waals surface area (Å²) in [5.41, 5.74) is 0.0730. The van der Waals surface area contributed by atoms with Crippen LogP contribution in [0.2, 0.25) is 10.0 Å². The van der Waals surface area contributed by atoms with Gasteiger partial charge in [0.05, 0.1) is 22.9 Å². The number of hydrogen-bond donors (Lipinski definition) is 3. The Balaban J connectivity index is 2.00. The van der Waals surface area contributed by atoms with E-state index in [-0.39, 0.29) is 44.8 Å². The van der Waals surface area contributed by atoms with E-state index in [1.807, 2.05) is 0 Å². The number of alkyl halides is 3. The van der Waals surface area contributed by atoms with Crippen LogP contribution >= 0.6 is 23.2 Å². The summed E-state index contributed by atoms with van der Waals surface area (Å²) in [6, 6.07) is 11.3. The van der Waals surface area contributed by atoms with Gasteiger partial charge in [-0.3, -0.25) is 9.59 Å². The molecule has 0 fully saturated rings. The fraction of sp³-hybridized carbons (Fsp3) is 0.200. The van der Waals surface area contributed by atoms with Crippen LogP contribution in [0.25, 0.3) is 11.1 Å². The summed E-state index contributed by atoms with van der Waals surface area (Å²) in [4.78, 5) is 25.1. The van der Waals surface area contributed by atoms with Crippen molar-refractivity contribution in [2.45, 2.75) is 19.1 Å². The van der Waals surface area contributed by atoms with E-state index in [0.29, 0.717) is 0 Å². The van der Waals surface area contributed by atoms with Crippen LogP contribution in [0, 0.1) is 5.82 Å². The molecule has 3 N–H and O–H groups in total. The third kappa shape index (κ3) is 7.34. The largest absolute Gasteiger partial charge is 0.482 e. The molecule has 0 unspecified atom stereocenters. The average Bonchev–Trinajstić information content (AvgIpc) is 2.83. The molecule has 0 saturated carbocycles. The monoisotopic (exact) mass is 558 g/mol. The number of benzene rings is 3. The molecule has 1 atom stereocenters. The molecule has 0 aliphatic rings. The van der Waals surface area contributed by atoms with Crippen molar-refractivity contribution in [3.63, 3.8) is 0 Å². The van der Waals surface area contributed by atoms with Crippen LogP contribution in [0.4, 0.5) is 23.2 Å². The zero-order chi connectivity index (χ0) is 27.3. The molecule has 0 heterocycles. The third-order valence-electron chi connectivity index (χ3n) is 5.00. The summed E-state index contributed by atoms with van der Waals surface area (Å²) >= 11 is 12.2. The van der Waals surface area contributed by atoms with E-state index in [2.05, 4.69) is 10.6 Å². The number of anilines is 1. The molecule has 12 heteroatoms. The Hall–Kier alpha value is -3.34. The Morgan fingerprint density at radius 3 is 2.41 bits per heavy atom. The highest BCUT2D eigenvalue weighted by molar-refractivity contribution is 6.34. The highest BCUT2D eigenvalue weighted by Gasteiger charge is 2.29. The number of carbonyl (C=O) groups excluding carboxylic acids is 2. The van der Waals surface area contributed by atoms with Crippen LogP contribution in [0.3, 0.4) is 0 Å². The first kappa shape index (κ1) is 28.2. The summed E-state index contributed by atoms with van der Waals surface area (Å²) in [5.74, 6) is -2.80. The lowest BCUT2D eigenvalue weighted by atomic mass is 10.0. The van der Waals surface area contributed by atoms with E-state index in [1.165, 1.54) is 48.5 Å². The van der Waals surface area contributed by atoms with Gasteiger partial charge in [0.2, 0.25) is 0 Å². The number of carbonyl (C=O) groups is 2. The Morgan fingerprint density at radius 2 is 1.76 bits per heavy atom. The minimum atomic E-state index is -4.69. The highest BCUT2D eigenvalue weighted by atomic mass is 35.5. The quantitative estimate of drug-likeness (QED) is 0.291. The van der Waals surface area contributed by atoms with Crippen molar-refractivity contribution in [2.75, 3.05) is 18.5 Å². The fourth-order valence-corrected chi connectivity index (χ4v) is 3.69. The number of amides is 2. The molecule has 6 nitrogen and oxygen atoms in total. The van der Waals surface area contributed by atoms with Gasteiger partial charge in [0.15, 0.2) is 6.61 Å². The second kappa shape index (κ2) is 11.8. The Morgan fingerprint density at radius 1 is 1.03 bits per heavy atom. The Kier molecular flexibility index (Phi) is 9.01. The minimum Gasteiger partial charge on any atom is -0.482 e. The number of ether oxygens (including phenoxy) is 1. The third-order valence-corrected chi connectivity index (χ3v) is 5.65. The lowest BCUT2D eigenvalue weighted by Crippen LogP contribution is -2.34. The molecular formula is C25H20Cl2F4N2O4. The van der Waals surface area contributed by atoms with E-state index in [1.54, 1.807) is 6.92 Å². The van der Waals surface area contributed by atoms with Crippen molar-refractivity contribution in [3.05, 3.63) is 81.6 Å². The number of halogens is 6. The Bertz CT molecular complexity index is 1300. The zero-order valence-corrected chi connectivity index (χ0v) is 20.6. The normalized spacial score (nSPS) is 12.1. The van der Waals surface area contributed by atoms with Gasteiger partial charge in [-0.1, -0.05) is 35.3 Å². The van der Waals surface area contributed by atoms with Crippen molar-refractivity contribution >= 4 is 40.7 Å². The van der Waals surface area contributed by atoms with Gasteiger partial charge >= 0.3 is 6.18 Å². The van der Waals surface area contributed by atoms with Crippen LogP contribution in [0.15, 0.2) is 54.6 Å². The molecule has 0 radical (unpaired) electrons. The van der Waals surface area contributed by atoms with Crippen molar-refractivity contribution in [1.29, 1.82) is 0 Å². The minimum absolute atomic E-state index is 0.181. The van der Waals surface area contributed by atoms with Crippen LogP contribution in [0.1, 0.15) is 27.6 Å². The summed E-state index contributed by atoms with van der Waals surface area (Å²) in [6.45, 7) is -0.354. The maximum absolute atomic E-state index is 14.2. The molecule has 196 valence electrons. The van der Waals surface area contributed by atoms with E-state index in [0.717, 1.165) is 6.07 Å². The van der Waals surface area contributed by atoms with Crippen LogP contribution in [0.5, 0.6) is 5.75 Å². The lowest BCUT2D eigenvalue weighted by Gasteiger charge is -2.17. The molecule has 0 aliphatic heterocycles. The predicted octanol–water partition coefficient (Wildman–Crippen LogP) is 6.10. The van der Waals surface area contributed by atoms with Crippen LogP contribution < -0.4 is 15.4 Å². The molecule has 0 saturated heterocycles. The molecule has 0 spiro atoms.